The van der Waals surface area contributed by atoms with Gasteiger partial charge in [0.2, 0.25) is 11.6 Å². The molecule has 3 aromatic carbocycles. The summed E-state index contributed by atoms with van der Waals surface area (Å²) in [4.78, 5) is 53.9. The third kappa shape index (κ3) is 7.06. The molecule has 3 aliphatic rings. The Hall–Kier alpha value is -5.03. The highest BCUT2D eigenvalue weighted by Gasteiger charge is 2.50. The smallest absolute Gasteiger partial charge is 0.331 e. The molecule has 0 radical (unpaired) electrons. The Labute approximate surface area is 308 Å². The molecule has 0 saturated carbocycles. The van der Waals surface area contributed by atoms with E-state index in [4.69, 9.17) is 29.4 Å². The van der Waals surface area contributed by atoms with E-state index < -0.39 is 102 Å². The highest BCUT2D eigenvalue weighted by Crippen LogP contribution is 2.52. The van der Waals surface area contributed by atoms with Crippen LogP contribution >= 0.6 is 12.4 Å². The van der Waals surface area contributed by atoms with E-state index in [-0.39, 0.29) is 58.3 Å². The second-order valence-corrected chi connectivity index (χ2v) is 12.9. The summed E-state index contributed by atoms with van der Waals surface area (Å²) in [5.74, 6) is -4.93. The highest BCUT2D eigenvalue weighted by atomic mass is 35.5. The molecule has 1 fully saturated rings. The van der Waals surface area contributed by atoms with E-state index >= 15 is 0 Å². The van der Waals surface area contributed by atoms with Gasteiger partial charge in [-0.15, -0.1) is 12.4 Å². The van der Waals surface area contributed by atoms with Crippen LogP contribution in [0.2, 0.25) is 0 Å². The fourth-order valence-electron chi connectivity index (χ4n) is 6.88. The third-order valence-corrected chi connectivity index (χ3v) is 9.62. The first-order valence-electron chi connectivity index (χ1n) is 16.3. The van der Waals surface area contributed by atoms with Crippen LogP contribution in [0.1, 0.15) is 74.4 Å². The minimum absolute atomic E-state index is 0. The molecule has 0 aromatic heterocycles. The summed E-state index contributed by atoms with van der Waals surface area (Å²) in [6.45, 7) is 0.640. The molecule has 1 saturated heterocycles. The number of carbonyl (C=O) groups is 4. The molecule has 1 heterocycles. The molecule has 7 N–H and O–H groups in total. The fraction of sp³-hybridized carbons (Fsp3) is 0.351. The number of methoxy groups -OCH3 is 2. The van der Waals surface area contributed by atoms with Gasteiger partial charge >= 0.3 is 5.97 Å². The maximum absolute atomic E-state index is 13.9. The number of ketones is 3. The van der Waals surface area contributed by atoms with Gasteiger partial charge in [0.1, 0.15) is 22.8 Å². The number of rotatable bonds is 9. The summed E-state index contributed by atoms with van der Waals surface area (Å²) in [5.41, 5.74) is 2.48. The topological polar surface area (TPSA) is 242 Å². The molecule has 3 aromatic rings. The summed E-state index contributed by atoms with van der Waals surface area (Å²) >= 11 is 0. The number of hydrogen-bond donors (Lipinski definition) is 6. The number of benzene rings is 3. The number of aliphatic hydroxyl groups is 2. The monoisotopic (exact) mass is 755 g/mol. The average molecular weight is 756 g/mol. The van der Waals surface area contributed by atoms with Crippen LogP contribution in [-0.4, -0.2) is 99.8 Å². The van der Waals surface area contributed by atoms with Crippen LogP contribution in [-0.2, 0) is 30.2 Å². The minimum atomic E-state index is -2.39. The van der Waals surface area contributed by atoms with Gasteiger partial charge in [-0.1, -0.05) is 18.2 Å². The van der Waals surface area contributed by atoms with Crippen LogP contribution in [0, 0.1) is 0 Å². The van der Waals surface area contributed by atoms with E-state index in [1.165, 1.54) is 56.7 Å². The Morgan fingerprint density at radius 1 is 1.00 bits per heavy atom. The van der Waals surface area contributed by atoms with E-state index in [1.807, 2.05) is 0 Å². The lowest BCUT2D eigenvalue weighted by molar-refractivity contribution is -0.247. The van der Waals surface area contributed by atoms with Crippen LogP contribution in [0.3, 0.4) is 0 Å². The number of phenolic OH excluding ortho intramolecular Hbond substituents is 3. The summed E-state index contributed by atoms with van der Waals surface area (Å²) in [6.07, 6.45) is -3.30. The summed E-state index contributed by atoms with van der Waals surface area (Å²) in [6, 6.07) is 7.85. The Morgan fingerprint density at radius 2 is 1.70 bits per heavy atom. The number of aromatic hydroxyl groups is 3. The second kappa shape index (κ2) is 15.1. The zero-order valence-electron chi connectivity index (χ0n) is 28.7. The molecule has 2 aliphatic carbocycles. The van der Waals surface area contributed by atoms with Crippen LogP contribution in [0.4, 0.5) is 0 Å². The molecule has 15 nitrogen and oxygen atoms in total. The predicted octanol–water partition coefficient (Wildman–Crippen LogP) is 2.40. The lowest BCUT2D eigenvalue weighted by Gasteiger charge is -2.42. The molecule has 53 heavy (non-hydrogen) atoms. The maximum atomic E-state index is 13.9. The van der Waals surface area contributed by atoms with Crippen molar-refractivity contribution in [1.29, 1.82) is 0 Å². The van der Waals surface area contributed by atoms with Crippen LogP contribution < -0.4 is 15.2 Å². The number of Topliss-reactive ketones (excluding diaryl/α,β-unsaturated/α-hetero) is 1. The van der Waals surface area contributed by atoms with Gasteiger partial charge in [0.25, 0.3) is 0 Å². The van der Waals surface area contributed by atoms with Gasteiger partial charge in [-0.2, -0.15) is 0 Å². The molecule has 6 atom stereocenters. The van der Waals surface area contributed by atoms with Crippen LogP contribution in [0.5, 0.6) is 28.7 Å². The maximum Gasteiger partial charge on any atom is 0.331 e. The van der Waals surface area contributed by atoms with Gasteiger partial charge in [-0.25, -0.2) is 4.79 Å². The fourth-order valence-corrected chi connectivity index (χ4v) is 6.88. The zero-order chi connectivity index (χ0) is 37.6. The zero-order valence-corrected chi connectivity index (χ0v) is 29.5. The van der Waals surface area contributed by atoms with Gasteiger partial charge in [0.05, 0.1) is 49.2 Å². The molecule has 1 aliphatic heterocycles. The van der Waals surface area contributed by atoms with Gasteiger partial charge in [0.15, 0.2) is 30.2 Å². The molecular formula is C37H38ClNO14. The van der Waals surface area contributed by atoms with Crippen molar-refractivity contribution in [3.63, 3.8) is 0 Å². The number of phenols is 3. The van der Waals surface area contributed by atoms with E-state index in [1.54, 1.807) is 6.92 Å². The Morgan fingerprint density at radius 3 is 2.38 bits per heavy atom. The first-order chi connectivity index (χ1) is 24.7. The molecule has 0 unspecified atom stereocenters. The molecule has 282 valence electrons. The SMILES string of the molecule is COc1cc(/C=C/C(=O)OCC(=O)[C@]2(O)Cc3c(O)c4c(c(O)c3[C@@H](O[C@H]3C[C@H](N)[C@H](O)[C@H](C)O3)C2)C(=O)c2c(OC)cccc2C4=O)ccc1O.Cl. The second-order valence-electron chi connectivity index (χ2n) is 12.9. The van der Waals surface area contributed by atoms with Gasteiger partial charge in [-0.3, -0.25) is 14.4 Å². The van der Waals surface area contributed by atoms with Crippen molar-refractivity contribution in [2.24, 2.45) is 5.73 Å². The standard InChI is InChI=1S/C37H37NO14.ClH/c1-16-32(42)20(38)12-27(51-16)52-24-14-37(47,25(40)15-50-26(41)10-8-17-7-9-21(39)23(11-17)49-3)13-19-29(24)36(46)31-30(34(19)44)33(43)18-5-4-6-22(48-2)28(18)35(31)45;/h4-11,16,20,24,27,32,39,42,44,46-47H,12-15,38H2,1-3H3;1H/b10-8+;/t16-,20-,24-,27-,32+,37-;/m0./s1. The molecule has 6 rings (SSSR count). The van der Waals surface area contributed by atoms with E-state index in [0.29, 0.717) is 5.56 Å². The highest BCUT2D eigenvalue weighted by molar-refractivity contribution is 6.31. The summed E-state index contributed by atoms with van der Waals surface area (Å²) in [5, 5.41) is 55.3. The summed E-state index contributed by atoms with van der Waals surface area (Å²) in [7, 11) is 2.67. The molecule has 0 spiro atoms. The number of halogens is 1. The van der Waals surface area contributed by atoms with E-state index in [0.717, 1.165) is 6.08 Å². The van der Waals surface area contributed by atoms with Crippen molar-refractivity contribution in [2.75, 3.05) is 20.8 Å². The minimum Gasteiger partial charge on any atom is -0.507 e. The first kappa shape index (κ1) is 39.2. The van der Waals surface area contributed by atoms with Crippen molar-refractivity contribution in [3.8, 4) is 28.7 Å². The molecule has 0 amide bonds. The lowest BCUT2D eigenvalue weighted by atomic mass is 9.72. The van der Waals surface area contributed by atoms with E-state index in [2.05, 4.69) is 0 Å². The number of ether oxygens (including phenoxy) is 5. The van der Waals surface area contributed by atoms with Gasteiger partial charge in [0, 0.05) is 48.1 Å². The first-order valence-corrected chi connectivity index (χ1v) is 16.3. The van der Waals surface area contributed by atoms with Crippen molar-refractivity contribution in [1.82, 2.24) is 0 Å². The molecular weight excluding hydrogens is 718 g/mol. The third-order valence-electron chi connectivity index (χ3n) is 9.62. The lowest BCUT2D eigenvalue weighted by Crippen LogP contribution is -2.53. The number of fused-ring (bicyclic) bond motifs is 3. The number of carbonyl (C=O) groups excluding carboxylic acids is 4. The Kier molecular flexibility index (Phi) is 11.2. The van der Waals surface area contributed by atoms with Crippen molar-refractivity contribution in [2.45, 2.75) is 62.4 Å². The largest absolute Gasteiger partial charge is 0.507 e. The Balaban J connectivity index is 0.00000541. The quantitative estimate of drug-likeness (QED) is 0.0817. The Bertz CT molecular complexity index is 2000. The van der Waals surface area contributed by atoms with Crippen LogP contribution in [0.25, 0.3) is 6.08 Å². The van der Waals surface area contributed by atoms with Gasteiger partial charge in [-0.05, 0) is 36.8 Å². The number of hydrogen-bond acceptors (Lipinski definition) is 15. The number of aliphatic hydroxyl groups excluding tert-OH is 1. The van der Waals surface area contributed by atoms with Crippen molar-refractivity contribution >= 4 is 41.8 Å². The number of esters is 1. The van der Waals surface area contributed by atoms with E-state index in [9.17, 15) is 44.7 Å². The molecule has 0 bridgehead atoms. The van der Waals surface area contributed by atoms with Crippen molar-refractivity contribution < 1.29 is 68.4 Å². The molecule has 16 heteroatoms. The predicted molar refractivity (Wildman–Crippen MR) is 187 cm³/mol. The summed E-state index contributed by atoms with van der Waals surface area (Å²) < 4.78 is 27.4. The average Bonchev–Trinajstić information content (AvgIpc) is 3.12. The number of nitrogens with two attached hydrogens (primary N) is 1. The van der Waals surface area contributed by atoms with Gasteiger partial charge < -0.3 is 55.0 Å². The van der Waals surface area contributed by atoms with Crippen molar-refractivity contribution in [3.05, 3.63) is 81.4 Å². The van der Waals surface area contributed by atoms with Crippen LogP contribution in [0.15, 0.2) is 42.5 Å². The normalized spacial score (nSPS) is 24.8.